The highest BCUT2D eigenvalue weighted by molar-refractivity contribution is 6.26. The Kier molecular flexibility index (Phi) is 2.70. The molecule has 0 radical (unpaired) electrons. The van der Waals surface area contributed by atoms with Crippen LogP contribution in [0, 0.1) is 0 Å². The zero-order valence-corrected chi connectivity index (χ0v) is 22.0. The molecule has 0 N–H and O–H groups in total. The first-order chi connectivity index (χ1) is 28.8. The summed E-state index contributed by atoms with van der Waals surface area (Å²) in [6, 6.07) is 2.33. The highest BCUT2D eigenvalue weighted by Gasteiger charge is 2.21. The van der Waals surface area contributed by atoms with Crippen LogP contribution in [0.25, 0.3) is 87.6 Å². The maximum absolute atomic E-state index is 9.96. The Morgan fingerprint density at radius 1 is 0.419 bits per heavy atom. The molecule has 0 bridgehead atoms. The van der Waals surface area contributed by atoms with Gasteiger partial charge in [0, 0.05) is 10.8 Å². The van der Waals surface area contributed by atoms with E-state index in [1.165, 1.54) is 0 Å². The first kappa shape index (κ1) is 12.3. The van der Waals surface area contributed by atoms with E-state index in [0.717, 1.165) is 0 Å². The van der Waals surface area contributed by atoms with Gasteiger partial charge in [-0.25, -0.2) is 0 Å². The monoisotopic (exact) mass is 564 g/mol. The number of para-hydroxylation sites is 1. The third kappa shape index (κ3) is 3.72. The molecule has 200 valence electrons. The van der Waals surface area contributed by atoms with Gasteiger partial charge in [0.2, 0.25) is 0 Å². The van der Waals surface area contributed by atoms with Gasteiger partial charge in [-0.05, 0) is 89.9 Å². The average molecular weight is 565 g/mol. The largest absolute Gasteiger partial charge is 0.456 e. The Morgan fingerprint density at radius 3 is 1.79 bits per heavy atom. The number of benzene rings is 8. The summed E-state index contributed by atoms with van der Waals surface area (Å²) >= 11 is 0. The second kappa shape index (κ2) is 9.44. The fourth-order valence-electron chi connectivity index (χ4n) is 5.74. The van der Waals surface area contributed by atoms with Crippen molar-refractivity contribution in [3.8, 4) is 33.4 Å². The van der Waals surface area contributed by atoms with E-state index in [2.05, 4.69) is 0 Å². The van der Waals surface area contributed by atoms with Gasteiger partial charge in [0.25, 0.3) is 0 Å². The minimum atomic E-state index is -0.729. The van der Waals surface area contributed by atoms with E-state index in [1.54, 1.807) is 48.5 Å². The average Bonchev–Trinajstić information content (AvgIpc) is 3.65. The van der Waals surface area contributed by atoms with E-state index >= 15 is 0 Å². The van der Waals surface area contributed by atoms with Crippen molar-refractivity contribution < 1.29 is 29.1 Å². The van der Waals surface area contributed by atoms with Crippen molar-refractivity contribution in [2.75, 3.05) is 0 Å². The van der Waals surface area contributed by atoms with Crippen LogP contribution in [-0.4, -0.2) is 0 Å². The van der Waals surface area contributed by atoms with Gasteiger partial charge in [-0.2, -0.15) is 0 Å². The number of hydrogen-bond donors (Lipinski definition) is 0. The van der Waals surface area contributed by atoms with Crippen molar-refractivity contribution in [1.82, 2.24) is 0 Å². The molecule has 0 atom stereocenters. The van der Waals surface area contributed by atoms with Crippen molar-refractivity contribution in [1.29, 1.82) is 0 Å². The van der Waals surface area contributed by atoms with Gasteiger partial charge in [-0.3, -0.25) is 0 Å². The van der Waals surface area contributed by atoms with Gasteiger partial charge >= 0.3 is 0 Å². The third-order valence-corrected chi connectivity index (χ3v) is 7.50. The Balaban J connectivity index is 1.56. The molecule has 1 heterocycles. The molecule has 0 unspecified atom stereocenters. The SMILES string of the molecule is [2H]c1c([2H])c([2H])c(-c2c([2H])c(-c3c4ccccc4c(-c4c([2H])c([2H])c5c([2H])c([2H])c([2H])c([2H])c5c4[2H])c4ccccc34)c3c(oc4c([2H])c([2H])c([2H])c([2H])c43)c2[2H])c([2H])c1[2H]. The minimum Gasteiger partial charge on any atom is -0.456 e. The summed E-state index contributed by atoms with van der Waals surface area (Å²) in [6.45, 7) is 0. The summed E-state index contributed by atoms with van der Waals surface area (Å²) in [4.78, 5) is 0. The maximum Gasteiger partial charge on any atom is 0.136 e. The molecule has 0 amide bonds. The minimum absolute atomic E-state index is 0.0819. The van der Waals surface area contributed by atoms with Crippen LogP contribution >= 0.6 is 0 Å². The highest BCUT2D eigenvalue weighted by Crippen LogP contribution is 2.48. The van der Waals surface area contributed by atoms with Gasteiger partial charge in [0.15, 0.2) is 0 Å². The summed E-state index contributed by atoms with van der Waals surface area (Å²) in [5.74, 6) is 0. The molecule has 43 heavy (non-hydrogen) atoms. The van der Waals surface area contributed by atoms with Gasteiger partial charge in [0.05, 0.1) is 24.7 Å². The molecule has 0 aliphatic carbocycles. The van der Waals surface area contributed by atoms with Crippen LogP contribution in [-0.2, 0) is 0 Å². The molecule has 0 fully saturated rings. The molecule has 8 aromatic carbocycles. The predicted molar refractivity (Wildman–Crippen MR) is 183 cm³/mol. The van der Waals surface area contributed by atoms with Gasteiger partial charge in [0.1, 0.15) is 11.2 Å². The molecule has 1 nitrogen and oxygen atoms in total. The summed E-state index contributed by atoms with van der Waals surface area (Å²) < 4.78 is 165. The van der Waals surface area contributed by atoms with E-state index < -0.39 is 120 Å². The number of rotatable bonds is 3. The molecule has 0 aliphatic rings. The van der Waals surface area contributed by atoms with E-state index in [-0.39, 0.29) is 55.0 Å². The lowest BCUT2D eigenvalue weighted by atomic mass is 9.84. The predicted octanol–water partition coefficient (Wildman–Crippen LogP) is 12.0. The Morgan fingerprint density at radius 2 is 1.05 bits per heavy atom. The maximum atomic E-state index is 9.96. The van der Waals surface area contributed by atoms with Gasteiger partial charge in [-0.15, -0.1) is 0 Å². The van der Waals surface area contributed by atoms with Crippen molar-refractivity contribution in [2.24, 2.45) is 0 Å². The summed E-state index contributed by atoms with van der Waals surface area (Å²) in [5, 5.41) is 0.503. The zero-order chi connectivity index (χ0) is 44.0. The molecule has 0 saturated carbocycles. The van der Waals surface area contributed by atoms with Crippen LogP contribution in [0.15, 0.2) is 162 Å². The molecule has 1 aromatic heterocycles. The molecule has 9 rings (SSSR count). The molecule has 0 spiro atoms. The quantitative estimate of drug-likeness (QED) is 0.195. The molecular weight excluding hydrogens is 520 g/mol. The van der Waals surface area contributed by atoms with Crippen LogP contribution in [0.5, 0.6) is 0 Å². The summed E-state index contributed by atoms with van der Waals surface area (Å²) in [7, 11) is 0. The topological polar surface area (TPSA) is 13.1 Å². The van der Waals surface area contributed by atoms with Gasteiger partial charge in [-0.1, -0.05) is 133 Å². The van der Waals surface area contributed by atoms with Crippen LogP contribution in [0.3, 0.4) is 0 Å². The number of furan rings is 1. The lowest BCUT2D eigenvalue weighted by Gasteiger charge is -2.19. The lowest BCUT2D eigenvalue weighted by Crippen LogP contribution is -1.92. The first-order valence-electron chi connectivity index (χ1n) is 22.3. The van der Waals surface area contributed by atoms with Crippen molar-refractivity contribution >= 4 is 54.3 Å². The van der Waals surface area contributed by atoms with Crippen LogP contribution in [0.1, 0.15) is 24.7 Å². The summed E-state index contributed by atoms with van der Waals surface area (Å²) in [6.07, 6.45) is 0. The molecule has 9 aromatic rings. The second-order valence-corrected chi connectivity index (χ2v) is 9.85. The van der Waals surface area contributed by atoms with Crippen molar-refractivity contribution in [3.63, 3.8) is 0 Å². The fourth-order valence-corrected chi connectivity index (χ4v) is 5.74. The molecule has 1 heteroatoms. The zero-order valence-electron chi connectivity index (χ0n) is 40.0. The lowest BCUT2D eigenvalue weighted by molar-refractivity contribution is 0.669. The third-order valence-electron chi connectivity index (χ3n) is 7.50. The smallest absolute Gasteiger partial charge is 0.136 e. The molecule has 0 saturated heterocycles. The van der Waals surface area contributed by atoms with Crippen LogP contribution in [0.2, 0.25) is 0 Å². The molecule has 0 aliphatic heterocycles. The van der Waals surface area contributed by atoms with E-state index in [1.807, 2.05) is 0 Å². The van der Waals surface area contributed by atoms with Gasteiger partial charge < -0.3 is 4.42 Å². The molecular formula is C42H26O. The van der Waals surface area contributed by atoms with Crippen molar-refractivity contribution in [3.05, 3.63) is 157 Å². The van der Waals surface area contributed by atoms with E-state index in [0.29, 0.717) is 21.5 Å². The van der Waals surface area contributed by atoms with Crippen LogP contribution < -0.4 is 0 Å². The number of hydrogen-bond acceptors (Lipinski definition) is 1. The number of fused-ring (bicyclic) bond motifs is 6. The Bertz CT molecular complexity index is 3430. The first-order valence-corrected chi connectivity index (χ1v) is 13.3. The van der Waals surface area contributed by atoms with E-state index in [9.17, 15) is 5.48 Å². The second-order valence-electron chi connectivity index (χ2n) is 9.85. The van der Waals surface area contributed by atoms with Crippen molar-refractivity contribution in [2.45, 2.75) is 0 Å². The Hall–Kier alpha value is -5.66. The van der Waals surface area contributed by atoms with Crippen LogP contribution in [0.4, 0.5) is 0 Å². The Labute approximate surface area is 274 Å². The summed E-state index contributed by atoms with van der Waals surface area (Å²) in [5.41, 5.74) is -1.37. The standard InChI is InChI=1S/C42H26O/c1-2-12-27(13-3-1)31-25-37(42-36-20-10-11-21-38(36)43-39(42)26-31)41-34-18-8-6-16-32(34)40(33-17-7-9-19-35(33)41)30-23-22-28-14-4-5-15-29(28)24-30/h1-26H/i1D,2D,3D,4D,5D,10D,11D,12D,13D,14D,15D,20D,21D,22D,23D,24D,25D,26D. The fraction of sp³-hybridized carbons (Fsp3) is 0. The normalized spacial score (nSPS) is 17.6. The highest BCUT2D eigenvalue weighted by atomic mass is 16.3. The van der Waals surface area contributed by atoms with E-state index in [4.69, 9.17) is 23.6 Å².